The zero-order chi connectivity index (χ0) is 19.2. The number of amides is 1. The molecule has 1 aromatic heterocycles. The third-order valence-electron chi connectivity index (χ3n) is 4.09. The predicted molar refractivity (Wildman–Crippen MR) is 106 cm³/mol. The van der Waals surface area contributed by atoms with E-state index in [9.17, 15) is 4.79 Å². The zero-order valence-corrected chi connectivity index (χ0v) is 16.4. The molecule has 0 saturated heterocycles. The average Bonchev–Trinajstić information content (AvgIpc) is 3.11. The first kappa shape index (κ1) is 19.4. The molecule has 0 aliphatic rings. The molecule has 2 aromatic carbocycles. The van der Waals surface area contributed by atoms with Crippen LogP contribution in [0.5, 0.6) is 0 Å². The smallest absolute Gasteiger partial charge is 0.226 e. The summed E-state index contributed by atoms with van der Waals surface area (Å²) in [5.41, 5.74) is 1.84. The van der Waals surface area contributed by atoms with Crippen LogP contribution in [0.2, 0.25) is 10.0 Å². The summed E-state index contributed by atoms with van der Waals surface area (Å²) in [7, 11) is 1.79. The first-order valence-corrected chi connectivity index (χ1v) is 9.34. The Bertz CT molecular complexity index is 910. The molecule has 3 rings (SSSR count). The van der Waals surface area contributed by atoms with Gasteiger partial charge < -0.3 is 9.42 Å². The summed E-state index contributed by atoms with van der Waals surface area (Å²) >= 11 is 11.9. The lowest BCUT2D eigenvalue weighted by Crippen LogP contribution is -2.25. The molecule has 0 aliphatic heterocycles. The topological polar surface area (TPSA) is 59.2 Å². The van der Waals surface area contributed by atoms with Crippen LogP contribution in [0.15, 0.2) is 53.1 Å². The number of rotatable bonds is 7. The maximum Gasteiger partial charge on any atom is 0.226 e. The normalized spacial score (nSPS) is 10.8. The van der Waals surface area contributed by atoms with Gasteiger partial charge in [0.15, 0.2) is 0 Å². The number of halogens is 2. The van der Waals surface area contributed by atoms with E-state index in [4.69, 9.17) is 27.7 Å². The van der Waals surface area contributed by atoms with Gasteiger partial charge in [-0.15, -0.1) is 0 Å². The number of hydrogen-bond donors (Lipinski definition) is 0. The quantitative estimate of drug-likeness (QED) is 0.555. The Hall–Kier alpha value is -2.37. The van der Waals surface area contributed by atoms with Gasteiger partial charge in [0.25, 0.3) is 0 Å². The lowest BCUT2D eigenvalue weighted by molar-refractivity contribution is -0.130. The molecular weight excluding hydrogens is 385 g/mol. The third-order valence-corrected chi connectivity index (χ3v) is 4.57. The molecule has 0 atom stereocenters. The second-order valence-electron chi connectivity index (χ2n) is 6.25. The molecule has 0 N–H and O–H groups in total. The molecule has 0 fully saturated rings. The summed E-state index contributed by atoms with van der Waals surface area (Å²) < 4.78 is 5.27. The van der Waals surface area contributed by atoms with Gasteiger partial charge in [-0.2, -0.15) is 4.98 Å². The standard InChI is InChI=1S/C20H19Cl2N3O2/c1-25(13-14-4-2-5-17(22)12-14)19(26)7-3-6-18-23-20(24-27-18)15-8-10-16(21)11-9-15/h2,4-5,8-12H,3,6-7,13H2,1H3. The van der Waals surface area contributed by atoms with Gasteiger partial charge in [-0.3, -0.25) is 4.79 Å². The number of hydrogen-bond acceptors (Lipinski definition) is 4. The number of nitrogens with zero attached hydrogens (tertiary/aromatic N) is 3. The molecule has 0 aliphatic carbocycles. The Morgan fingerprint density at radius 3 is 2.63 bits per heavy atom. The highest BCUT2D eigenvalue weighted by molar-refractivity contribution is 6.30. The number of carbonyl (C=O) groups is 1. The third kappa shape index (κ3) is 5.55. The van der Waals surface area contributed by atoms with Gasteiger partial charge in [0.1, 0.15) is 0 Å². The van der Waals surface area contributed by atoms with E-state index in [1.54, 1.807) is 24.1 Å². The number of carbonyl (C=O) groups excluding carboxylic acids is 1. The van der Waals surface area contributed by atoms with Crippen LogP contribution in [0.1, 0.15) is 24.3 Å². The monoisotopic (exact) mass is 403 g/mol. The number of aromatic nitrogens is 2. The fourth-order valence-corrected chi connectivity index (χ4v) is 2.99. The molecule has 0 radical (unpaired) electrons. The van der Waals surface area contributed by atoms with Gasteiger partial charge in [-0.1, -0.05) is 40.5 Å². The minimum atomic E-state index is 0.0624. The Kier molecular flexibility index (Phi) is 6.48. The second-order valence-corrected chi connectivity index (χ2v) is 7.12. The molecule has 0 saturated carbocycles. The van der Waals surface area contributed by atoms with Crippen LogP contribution in [0.3, 0.4) is 0 Å². The van der Waals surface area contributed by atoms with Gasteiger partial charge in [0.2, 0.25) is 17.6 Å². The van der Waals surface area contributed by atoms with Gasteiger partial charge >= 0.3 is 0 Å². The van der Waals surface area contributed by atoms with Crippen molar-refractivity contribution in [3.05, 3.63) is 70.0 Å². The van der Waals surface area contributed by atoms with Crippen molar-refractivity contribution in [3.8, 4) is 11.4 Å². The van der Waals surface area contributed by atoms with E-state index >= 15 is 0 Å². The summed E-state index contributed by atoms with van der Waals surface area (Å²) in [5, 5.41) is 5.30. The predicted octanol–water partition coefficient (Wildman–Crippen LogP) is 5.02. The lowest BCUT2D eigenvalue weighted by atomic mass is 10.2. The van der Waals surface area contributed by atoms with E-state index in [0.29, 0.717) is 47.6 Å². The number of benzene rings is 2. The van der Waals surface area contributed by atoms with Crippen LogP contribution in [0.25, 0.3) is 11.4 Å². The largest absolute Gasteiger partial charge is 0.341 e. The van der Waals surface area contributed by atoms with Gasteiger partial charge in [-0.05, 0) is 48.4 Å². The molecule has 140 valence electrons. The van der Waals surface area contributed by atoms with Crippen molar-refractivity contribution in [2.45, 2.75) is 25.8 Å². The average molecular weight is 404 g/mol. The molecule has 0 unspecified atom stereocenters. The highest BCUT2D eigenvalue weighted by Gasteiger charge is 2.12. The Labute approximate surface area is 167 Å². The Balaban J connectivity index is 1.48. The Morgan fingerprint density at radius 2 is 1.89 bits per heavy atom. The zero-order valence-electron chi connectivity index (χ0n) is 14.9. The van der Waals surface area contributed by atoms with Crippen molar-refractivity contribution in [1.82, 2.24) is 15.0 Å². The van der Waals surface area contributed by atoms with Crippen LogP contribution in [-0.4, -0.2) is 28.0 Å². The fourth-order valence-electron chi connectivity index (χ4n) is 2.65. The fraction of sp³-hybridized carbons (Fsp3) is 0.250. The molecule has 1 heterocycles. The molecule has 3 aromatic rings. The van der Waals surface area contributed by atoms with E-state index in [2.05, 4.69) is 10.1 Å². The van der Waals surface area contributed by atoms with Crippen LogP contribution < -0.4 is 0 Å². The molecular formula is C20H19Cl2N3O2. The van der Waals surface area contributed by atoms with Crippen LogP contribution >= 0.6 is 23.2 Å². The number of aryl methyl sites for hydroxylation is 1. The van der Waals surface area contributed by atoms with E-state index in [0.717, 1.165) is 11.1 Å². The molecule has 1 amide bonds. The minimum absolute atomic E-state index is 0.0624. The molecule has 0 bridgehead atoms. The van der Waals surface area contributed by atoms with Crippen LogP contribution in [0.4, 0.5) is 0 Å². The van der Waals surface area contributed by atoms with Gasteiger partial charge in [0, 0.05) is 42.0 Å². The van der Waals surface area contributed by atoms with Crippen molar-refractivity contribution in [3.63, 3.8) is 0 Å². The highest BCUT2D eigenvalue weighted by atomic mass is 35.5. The van der Waals surface area contributed by atoms with Crippen LogP contribution in [0, 0.1) is 0 Å². The first-order valence-electron chi connectivity index (χ1n) is 8.58. The summed E-state index contributed by atoms with van der Waals surface area (Å²) in [6.45, 7) is 0.528. The van der Waals surface area contributed by atoms with E-state index < -0.39 is 0 Å². The molecule has 0 spiro atoms. The van der Waals surface area contributed by atoms with E-state index in [1.165, 1.54) is 0 Å². The molecule has 27 heavy (non-hydrogen) atoms. The Morgan fingerprint density at radius 1 is 1.11 bits per heavy atom. The van der Waals surface area contributed by atoms with Crippen molar-refractivity contribution >= 4 is 29.1 Å². The molecule has 5 nitrogen and oxygen atoms in total. The molecule has 7 heteroatoms. The van der Waals surface area contributed by atoms with Crippen molar-refractivity contribution < 1.29 is 9.32 Å². The summed E-state index contributed by atoms with van der Waals surface area (Å²) in [6, 6.07) is 14.7. The first-order chi connectivity index (χ1) is 13.0. The summed E-state index contributed by atoms with van der Waals surface area (Å²) in [5.74, 6) is 1.10. The second kappa shape index (κ2) is 9.02. The maximum absolute atomic E-state index is 12.3. The van der Waals surface area contributed by atoms with Crippen LogP contribution in [-0.2, 0) is 17.8 Å². The summed E-state index contributed by atoms with van der Waals surface area (Å²) in [4.78, 5) is 18.4. The van der Waals surface area contributed by atoms with E-state index in [-0.39, 0.29) is 5.91 Å². The SMILES string of the molecule is CN(Cc1cccc(Cl)c1)C(=O)CCCc1nc(-c2ccc(Cl)cc2)no1. The maximum atomic E-state index is 12.3. The van der Waals surface area contributed by atoms with Crippen molar-refractivity contribution in [1.29, 1.82) is 0 Å². The van der Waals surface area contributed by atoms with Crippen molar-refractivity contribution in [2.75, 3.05) is 7.05 Å². The van der Waals surface area contributed by atoms with Gasteiger partial charge in [0.05, 0.1) is 0 Å². The van der Waals surface area contributed by atoms with E-state index in [1.807, 2.05) is 36.4 Å². The lowest BCUT2D eigenvalue weighted by Gasteiger charge is -2.17. The summed E-state index contributed by atoms with van der Waals surface area (Å²) in [6.07, 6.45) is 1.61. The van der Waals surface area contributed by atoms with Crippen molar-refractivity contribution in [2.24, 2.45) is 0 Å². The minimum Gasteiger partial charge on any atom is -0.341 e. The van der Waals surface area contributed by atoms with Gasteiger partial charge in [-0.25, -0.2) is 0 Å². The highest BCUT2D eigenvalue weighted by Crippen LogP contribution is 2.19.